The molecule has 2 aromatic rings. The molecule has 0 unspecified atom stereocenters. The van der Waals surface area contributed by atoms with Gasteiger partial charge in [0.05, 0.1) is 34.1 Å². The fourth-order valence-corrected chi connectivity index (χ4v) is 2.25. The molecule has 4 nitrogen and oxygen atoms in total. The Morgan fingerprint density at radius 1 is 1.06 bits per heavy atom. The van der Waals surface area contributed by atoms with Crippen molar-refractivity contribution >= 4 is 37.5 Å². The molecule has 0 aliphatic heterocycles. The van der Waals surface area contributed by atoms with Crippen molar-refractivity contribution in [3.8, 4) is 17.2 Å². The van der Waals surface area contributed by atoms with Gasteiger partial charge in [-0.1, -0.05) is 0 Å². The summed E-state index contributed by atoms with van der Waals surface area (Å²) in [5, 5.41) is 0. The van der Waals surface area contributed by atoms with Crippen molar-refractivity contribution in [3.63, 3.8) is 0 Å². The lowest BCUT2D eigenvalue weighted by Gasteiger charge is -2.10. The second kappa shape index (κ2) is 5.58. The third-order valence-corrected chi connectivity index (χ3v) is 3.41. The highest BCUT2D eigenvalue weighted by Gasteiger charge is 2.09. The van der Waals surface area contributed by atoms with Crippen molar-refractivity contribution in [2.75, 3.05) is 12.8 Å². The Hall–Kier alpha value is -1.27. The summed E-state index contributed by atoms with van der Waals surface area (Å²) in [6.45, 7) is 0. The summed E-state index contributed by atoms with van der Waals surface area (Å²) in [4.78, 5) is 3.96. The lowest BCUT2D eigenvalue weighted by molar-refractivity contribution is 0.409. The molecule has 0 saturated carbocycles. The lowest BCUT2D eigenvalue weighted by Crippen LogP contribution is -1.91. The molecule has 6 heteroatoms. The van der Waals surface area contributed by atoms with E-state index in [1.807, 2.05) is 12.1 Å². The average Bonchev–Trinajstić information content (AvgIpc) is 2.33. The number of hydrogen-bond donors (Lipinski definition) is 1. The number of nitrogens with zero attached hydrogens (tertiary/aromatic N) is 1. The third kappa shape index (κ3) is 2.94. The van der Waals surface area contributed by atoms with Crippen LogP contribution in [0.3, 0.4) is 0 Å². The molecule has 94 valence electrons. The van der Waals surface area contributed by atoms with Gasteiger partial charge in [0.1, 0.15) is 17.2 Å². The third-order valence-electron chi connectivity index (χ3n) is 2.17. The van der Waals surface area contributed by atoms with Crippen LogP contribution in [0.1, 0.15) is 0 Å². The van der Waals surface area contributed by atoms with Gasteiger partial charge in [-0.05, 0) is 44.0 Å². The van der Waals surface area contributed by atoms with E-state index in [0.29, 0.717) is 17.2 Å². The summed E-state index contributed by atoms with van der Waals surface area (Å²) in [6, 6.07) is 5.34. The summed E-state index contributed by atoms with van der Waals surface area (Å²) in [5.41, 5.74) is 6.19. The normalized spacial score (nSPS) is 10.2. The van der Waals surface area contributed by atoms with E-state index in [4.69, 9.17) is 15.2 Å². The Labute approximate surface area is 121 Å². The number of anilines is 1. The standard InChI is InChI=1S/C12H10Br2N2O2/c1-17-11-3-10(14)12(4-9(11)13)18-8-2-7(15)5-16-6-8/h2-6H,15H2,1H3. The molecule has 0 spiro atoms. The Balaban J connectivity index is 2.32. The van der Waals surface area contributed by atoms with E-state index in [9.17, 15) is 0 Å². The van der Waals surface area contributed by atoms with Crippen molar-refractivity contribution in [3.05, 3.63) is 39.5 Å². The van der Waals surface area contributed by atoms with Crippen molar-refractivity contribution < 1.29 is 9.47 Å². The van der Waals surface area contributed by atoms with Crippen molar-refractivity contribution in [2.24, 2.45) is 0 Å². The topological polar surface area (TPSA) is 57.4 Å². The van der Waals surface area contributed by atoms with Crippen LogP contribution < -0.4 is 15.2 Å². The Morgan fingerprint density at radius 3 is 2.39 bits per heavy atom. The number of methoxy groups -OCH3 is 1. The number of aromatic nitrogens is 1. The summed E-state index contributed by atoms with van der Waals surface area (Å²) in [6.07, 6.45) is 3.16. The minimum absolute atomic E-state index is 0.552. The SMILES string of the molecule is COc1cc(Br)c(Oc2cncc(N)c2)cc1Br. The molecule has 0 aliphatic carbocycles. The van der Waals surface area contributed by atoms with E-state index in [1.54, 1.807) is 25.6 Å². The molecule has 2 N–H and O–H groups in total. The van der Waals surface area contributed by atoms with Crippen LogP contribution in [0.25, 0.3) is 0 Å². The molecule has 2 rings (SSSR count). The van der Waals surface area contributed by atoms with Gasteiger partial charge in [0, 0.05) is 6.07 Å². The first-order chi connectivity index (χ1) is 8.60. The van der Waals surface area contributed by atoms with E-state index in [-0.39, 0.29) is 0 Å². The highest BCUT2D eigenvalue weighted by atomic mass is 79.9. The fraction of sp³-hybridized carbons (Fsp3) is 0.0833. The first kappa shape index (κ1) is 13.2. The molecular formula is C12H10Br2N2O2. The molecule has 0 bridgehead atoms. The van der Waals surface area contributed by atoms with Crippen LogP contribution in [-0.2, 0) is 0 Å². The number of halogens is 2. The van der Waals surface area contributed by atoms with Crippen LogP contribution in [0.15, 0.2) is 39.5 Å². The maximum Gasteiger partial charge on any atom is 0.147 e. The molecular weight excluding hydrogens is 364 g/mol. The minimum atomic E-state index is 0.552. The highest BCUT2D eigenvalue weighted by molar-refractivity contribution is 9.11. The van der Waals surface area contributed by atoms with E-state index in [1.165, 1.54) is 0 Å². The molecule has 1 aromatic heterocycles. The predicted octanol–water partition coefficient (Wildman–Crippen LogP) is 3.99. The Morgan fingerprint density at radius 2 is 1.72 bits per heavy atom. The molecule has 1 heterocycles. The van der Waals surface area contributed by atoms with Gasteiger partial charge in [-0.3, -0.25) is 4.98 Å². The molecule has 18 heavy (non-hydrogen) atoms. The van der Waals surface area contributed by atoms with Crippen LogP contribution in [0.2, 0.25) is 0 Å². The zero-order chi connectivity index (χ0) is 13.1. The van der Waals surface area contributed by atoms with Crippen LogP contribution in [0, 0.1) is 0 Å². The summed E-state index contributed by atoms with van der Waals surface area (Å²) in [5.74, 6) is 1.95. The highest BCUT2D eigenvalue weighted by Crippen LogP contribution is 2.38. The summed E-state index contributed by atoms with van der Waals surface area (Å²) in [7, 11) is 1.61. The fourth-order valence-electron chi connectivity index (χ4n) is 1.36. The quantitative estimate of drug-likeness (QED) is 0.883. The number of nitrogen functional groups attached to an aromatic ring is 1. The van der Waals surface area contributed by atoms with Gasteiger partial charge >= 0.3 is 0 Å². The minimum Gasteiger partial charge on any atom is -0.496 e. The van der Waals surface area contributed by atoms with Gasteiger partial charge in [0.25, 0.3) is 0 Å². The Bertz CT molecular complexity index is 576. The van der Waals surface area contributed by atoms with E-state index >= 15 is 0 Å². The predicted molar refractivity (Wildman–Crippen MR) is 77.1 cm³/mol. The summed E-state index contributed by atoms with van der Waals surface area (Å²) >= 11 is 6.82. The van der Waals surface area contributed by atoms with Crippen LogP contribution in [-0.4, -0.2) is 12.1 Å². The molecule has 0 saturated heterocycles. The maximum atomic E-state index is 5.70. The molecule has 0 amide bonds. The molecule has 0 fully saturated rings. The van der Waals surface area contributed by atoms with E-state index in [0.717, 1.165) is 14.7 Å². The van der Waals surface area contributed by atoms with Gasteiger partial charge in [0.15, 0.2) is 0 Å². The number of pyridine rings is 1. The molecule has 0 atom stereocenters. The van der Waals surface area contributed by atoms with Gasteiger partial charge in [-0.25, -0.2) is 0 Å². The van der Waals surface area contributed by atoms with Gasteiger partial charge < -0.3 is 15.2 Å². The van der Waals surface area contributed by atoms with Crippen LogP contribution in [0.5, 0.6) is 17.2 Å². The van der Waals surface area contributed by atoms with Crippen molar-refractivity contribution in [1.29, 1.82) is 0 Å². The number of rotatable bonds is 3. The van der Waals surface area contributed by atoms with Gasteiger partial charge in [-0.15, -0.1) is 0 Å². The second-order valence-corrected chi connectivity index (χ2v) is 5.18. The first-order valence-electron chi connectivity index (χ1n) is 5.01. The van der Waals surface area contributed by atoms with Crippen LogP contribution in [0.4, 0.5) is 5.69 Å². The first-order valence-corrected chi connectivity index (χ1v) is 6.60. The smallest absolute Gasteiger partial charge is 0.147 e. The van der Waals surface area contributed by atoms with Gasteiger partial charge in [0.2, 0.25) is 0 Å². The monoisotopic (exact) mass is 372 g/mol. The van der Waals surface area contributed by atoms with Crippen LogP contribution >= 0.6 is 31.9 Å². The number of nitrogens with two attached hydrogens (primary N) is 1. The lowest BCUT2D eigenvalue weighted by atomic mass is 10.3. The molecule has 0 aliphatic rings. The number of hydrogen-bond acceptors (Lipinski definition) is 4. The zero-order valence-electron chi connectivity index (χ0n) is 9.48. The Kier molecular flexibility index (Phi) is 4.08. The molecule has 0 radical (unpaired) electrons. The molecule has 1 aromatic carbocycles. The van der Waals surface area contributed by atoms with E-state index in [2.05, 4.69) is 36.8 Å². The largest absolute Gasteiger partial charge is 0.496 e. The zero-order valence-corrected chi connectivity index (χ0v) is 12.7. The van der Waals surface area contributed by atoms with E-state index < -0.39 is 0 Å². The van der Waals surface area contributed by atoms with Crippen molar-refractivity contribution in [1.82, 2.24) is 4.98 Å². The van der Waals surface area contributed by atoms with Crippen molar-refractivity contribution in [2.45, 2.75) is 0 Å². The van der Waals surface area contributed by atoms with Gasteiger partial charge in [-0.2, -0.15) is 0 Å². The average molecular weight is 374 g/mol. The second-order valence-electron chi connectivity index (χ2n) is 3.47. The number of ether oxygens (including phenoxy) is 2. The number of benzene rings is 1. The summed E-state index contributed by atoms with van der Waals surface area (Å²) < 4.78 is 12.5. The maximum absolute atomic E-state index is 5.70.